The minimum atomic E-state index is -3.96. The molecule has 7 nitrogen and oxygen atoms in total. The van der Waals surface area contributed by atoms with Gasteiger partial charge in [-0.05, 0) is 61.4 Å². The predicted octanol–water partition coefficient (Wildman–Crippen LogP) is 7.16. The number of nitrogens with two attached hydrogens (primary N) is 1. The molecule has 0 saturated carbocycles. The zero-order valence-electron chi connectivity index (χ0n) is 25.3. The number of esters is 1. The number of ether oxygens (including phenoxy) is 2. The van der Waals surface area contributed by atoms with Crippen LogP contribution in [0.25, 0.3) is 22.0 Å². The van der Waals surface area contributed by atoms with Gasteiger partial charge in [0.2, 0.25) is 0 Å². The summed E-state index contributed by atoms with van der Waals surface area (Å²) in [5.74, 6) is -0.342. The largest absolute Gasteiger partial charge is 0.489 e. The van der Waals surface area contributed by atoms with Crippen LogP contribution in [0.4, 0.5) is 4.39 Å². The Hall–Kier alpha value is -4.47. The highest BCUT2D eigenvalue weighted by molar-refractivity contribution is 7.90. The summed E-state index contributed by atoms with van der Waals surface area (Å²) >= 11 is 0. The summed E-state index contributed by atoms with van der Waals surface area (Å²) in [4.78, 5) is 12.3. The van der Waals surface area contributed by atoms with Gasteiger partial charge in [-0.3, -0.25) is 4.79 Å². The Morgan fingerprint density at radius 1 is 0.909 bits per heavy atom. The highest BCUT2D eigenvalue weighted by atomic mass is 32.2. The summed E-state index contributed by atoms with van der Waals surface area (Å²) in [6, 6.07) is 23.9. The van der Waals surface area contributed by atoms with Crippen molar-refractivity contribution in [1.29, 1.82) is 0 Å². The molecule has 0 radical (unpaired) electrons. The fraction of sp³-hybridized carbons (Fsp3) is 0.229. The summed E-state index contributed by atoms with van der Waals surface area (Å²) in [6.45, 7) is 7.96. The molecule has 0 saturated heterocycles. The lowest BCUT2D eigenvalue weighted by Crippen LogP contribution is -2.12. The van der Waals surface area contributed by atoms with Crippen LogP contribution in [-0.2, 0) is 39.1 Å². The maximum absolute atomic E-state index is 15.6. The minimum absolute atomic E-state index is 0.0195. The summed E-state index contributed by atoms with van der Waals surface area (Å²) in [5, 5.41) is 0.560. The van der Waals surface area contributed by atoms with Gasteiger partial charge in [0.25, 0.3) is 10.0 Å². The fourth-order valence-corrected chi connectivity index (χ4v) is 6.22. The van der Waals surface area contributed by atoms with Gasteiger partial charge in [-0.25, -0.2) is 16.8 Å². The van der Waals surface area contributed by atoms with Crippen molar-refractivity contribution in [1.82, 2.24) is 3.97 Å². The van der Waals surface area contributed by atoms with Gasteiger partial charge in [-0.15, -0.1) is 0 Å². The number of hydrogen-bond donors (Lipinski definition) is 1. The van der Waals surface area contributed by atoms with E-state index in [9.17, 15) is 13.2 Å². The molecule has 1 heterocycles. The summed E-state index contributed by atoms with van der Waals surface area (Å²) in [7, 11) is -3.96. The molecule has 9 heteroatoms. The lowest BCUT2D eigenvalue weighted by Gasteiger charge is -2.15. The number of rotatable bonds is 10. The Morgan fingerprint density at radius 2 is 1.61 bits per heavy atom. The zero-order valence-corrected chi connectivity index (χ0v) is 26.2. The van der Waals surface area contributed by atoms with E-state index in [4.69, 9.17) is 15.2 Å². The second kappa shape index (κ2) is 14.3. The molecule has 0 bridgehead atoms. The SMILES string of the molecule is CC.CCOC(=O)Cc1ccccc1OCc1cc(-c2cccc(CN)c2F)c2ccn(S(=O)(=O)c3ccc(C)cc3)c2c1. The summed E-state index contributed by atoms with van der Waals surface area (Å²) < 4.78 is 55.4. The molecule has 0 aliphatic rings. The lowest BCUT2D eigenvalue weighted by atomic mass is 9.97. The van der Waals surface area contributed by atoms with Crippen LogP contribution in [0.15, 0.2) is 96.0 Å². The number of benzene rings is 4. The van der Waals surface area contributed by atoms with Crippen LogP contribution in [0.3, 0.4) is 0 Å². The molecule has 4 aromatic carbocycles. The van der Waals surface area contributed by atoms with E-state index in [1.165, 1.54) is 10.2 Å². The lowest BCUT2D eigenvalue weighted by molar-refractivity contribution is -0.142. The Balaban J connectivity index is 0.00000216. The number of halogens is 1. The van der Waals surface area contributed by atoms with Gasteiger partial charge in [0.1, 0.15) is 18.2 Å². The number of para-hydroxylation sites is 1. The van der Waals surface area contributed by atoms with E-state index in [-0.39, 0.29) is 37.0 Å². The van der Waals surface area contributed by atoms with Gasteiger partial charge in [0.05, 0.1) is 23.4 Å². The fourth-order valence-electron chi connectivity index (χ4n) is 4.88. The maximum Gasteiger partial charge on any atom is 0.310 e. The number of aromatic nitrogens is 1. The highest BCUT2D eigenvalue weighted by Crippen LogP contribution is 2.35. The molecule has 0 fully saturated rings. The van der Waals surface area contributed by atoms with Gasteiger partial charge in [-0.1, -0.05) is 67.9 Å². The van der Waals surface area contributed by atoms with Crippen molar-refractivity contribution in [3.63, 3.8) is 0 Å². The van der Waals surface area contributed by atoms with Crippen molar-refractivity contribution in [2.24, 2.45) is 5.73 Å². The van der Waals surface area contributed by atoms with Crippen LogP contribution in [0, 0.1) is 12.7 Å². The van der Waals surface area contributed by atoms with E-state index in [1.54, 1.807) is 85.8 Å². The molecule has 230 valence electrons. The Kier molecular flexibility index (Phi) is 10.6. The first-order valence-corrected chi connectivity index (χ1v) is 16.0. The summed E-state index contributed by atoms with van der Waals surface area (Å²) in [6.07, 6.45) is 1.52. The van der Waals surface area contributed by atoms with Gasteiger partial charge < -0.3 is 15.2 Å². The molecule has 5 rings (SSSR count). The first kappa shape index (κ1) is 32.4. The van der Waals surface area contributed by atoms with Crippen LogP contribution in [-0.4, -0.2) is 25.0 Å². The van der Waals surface area contributed by atoms with Crippen molar-refractivity contribution >= 4 is 26.9 Å². The molecule has 0 aliphatic carbocycles. The average molecular weight is 617 g/mol. The quantitative estimate of drug-likeness (QED) is 0.167. The van der Waals surface area contributed by atoms with Gasteiger partial charge in [0, 0.05) is 34.8 Å². The Labute approximate surface area is 258 Å². The van der Waals surface area contributed by atoms with E-state index >= 15 is 4.39 Å². The minimum Gasteiger partial charge on any atom is -0.489 e. The third-order valence-electron chi connectivity index (χ3n) is 7.01. The van der Waals surface area contributed by atoms with E-state index in [0.29, 0.717) is 44.5 Å². The molecule has 0 unspecified atom stereocenters. The molecule has 5 aromatic rings. The number of carbonyl (C=O) groups is 1. The van der Waals surface area contributed by atoms with Crippen molar-refractivity contribution in [3.8, 4) is 16.9 Å². The zero-order chi connectivity index (χ0) is 31.9. The maximum atomic E-state index is 15.6. The van der Waals surface area contributed by atoms with Gasteiger partial charge >= 0.3 is 5.97 Å². The molecule has 2 N–H and O–H groups in total. The molecule has 0 aliphatic heterocycles. The number of nitrogens with zero attached hydrogens (tertiary/aromatic N) is 1. The van der Waals surface area contributed by atoms with Gasteiger partial charge in [-0.2, -0.15) is 0 Å². The van der Waals surface area contributed by atoms with Crippen LogP contribution in [0.2, 0.25) is 0 Å². The molecule has 1 aromatic heterocycles. The standard InChI is InChI=1S/C33H31FN2O5S.C2H6/c1-3-40-32(37)19-24-7-4-5-10-31(24)41-21-23-17-29(28-9-6-8-25(20-35)33(28)34)27-15-16-36(30(27)18-23)42(38,39)26-13-11-22(2)12-14-26;1-2/h4-18H,3,19-21,35H2,1-2H3;1-2H3. The van der Waals surface area contributed by atoms with E-state index in [0.717, 1.165) is 5.56 Å². The number of fused-ring (bicyclic) bond motifs is 1. The monoisotopic (exact) mass is 616 g/mol. The molecule has 0 spiro atoms. The first-order valence-electron chi connectivity index (χ1n) is 14.5. The molecular weight excluding hydrogens is 579 g/mol. The highest BCUT2D eigenvalue weighted by Gasteiger charge is 2.22. The van der Waals surface area contributed by atoms with Crippen molar-refractivity contribution in [2.45, 2.75) is 52.2 Å². The number of carbonyl (C=O) groups excluding carboxylic acids is 1. The molecule has 44 heavy (non-hydrogen) atoms. The Morgan fingerprint density at radius 3 is 2.32 bits per heavy atom. The second-order valence-electron chi connectivity index (χ2n) is 9.87. The first-order chi connectivity index (χ1) is 21.2. The van der Waals surface area contributed by atoms with Crippen molar-refractivity contribution in [3.05, 3.63) is 119 Å². The van der Waals surface area contributed by atoms with Crippen LogP contribution in [0.1, 0.15) is 43.0 Å². The third-order valence-corrected chi connectivity index (χ3v) is 8.71. The van der Waals surface area contributed by atoms with Crippen LogP contribution in [0.5, 0.6) is 5.75 Å². The molecule has 0 atom stereocenters. The molecule has 0 amide bonds. The van der Waals surface area contributed by atoms with Gasteiger partial charge in [0.15, 0.2) is 0 Å². The number of aryl methyl sites for hydroxylation is 1. The van der Waals surface area contributed by atoms with E-state index < -0.39 is 15.8 Å². The predicted molar refractivity (Wildman–Crippen MR) is 171 cm³/mol. The van der Waals surface area contributed by atoms with E-state index in [2.05, 4.69) is 0 Å². The van der Waals surface area contributed by atoms with Crippen LogP contribution >= 0.6 is 0 Å². The average Bonchev–Trinajstić information content (AvgIpc) is 3.47. The summed E-state index contributed by atoms with van der Waals surface area (Å²) in [5.41, 5.74) is 9.53. The topological polar surface area (TPSA) is 101 Å². The third kappa shape index (κ3) is 6.85. The van der Waals surface area contributed by atoms with Crippen LogP contribution < -0.4 is 10.5 Å². The normalized spacial score (nSPS) is 11.1. The molecular formula is C35H37FN2O5S. The number of hydrogen-bond acceptors (Lipinski definition) is 6. The van der Waals surface area contributed by atoms with Crippen molar-refractivity contribution in [2.75, 3.05) is 6.61 Å². The smallest absolute Gasteiger partial charge is 0.310 e. The Bertz CT molecular complexity index is 1860. The second-order valence-corrected chi connectivity index (χ2v) is 11.7. The van der Waals surface area contributed by atoms with Crippen molar-refractivity contribution < 1.29 is 27.1 Å². The van der Waals surface area contributed by atoms with E-state index in [1.807, 2.05) is 26.8 Å².